The van der Waals surface area contributed by atoms with Gasteiger partial charge in [-0.1, -0.05) is 58.4 Å². The van der Waals surface area contributed by atoms with Crippen molar-refractivity contribution < 1.29 is 22.7 Å². The summed E-state index contributed by atoms with van der Waals surface area (Å²) >= 11 is 3.38. The number of ether oxygens (including phenoxy) is 2. The van der Waals surface area contributed by atoms with Gasteiger partial charge in [-0.2, -0.15) is 9.41 Å². The molecule has 0 atom stereocenters. The van der Waals surface area contributed by atoms with Gasteiger partial charge in [-0.15, -0.1) is 0 Å². The molecule has 184 valence electrons. The van der Waals surface area contributed by atoms with E-state index < -0.39 is 22.5 Å². The maximum atomic E-state index is 13.5. The molecule has 0 heterocycles. The average molecular weight is 560 g/mol. The predicted octanol–water partition coefficient (Wildman–Crippen LogP) is 3.85. The lowest BCUT2D eigenvalue weighted by Gasteiger charge is -2.22. The largest absolute Gasteiger partial charge is 0.493 e. The van der Waals surface area contributed by atoms with Gasteiger partial charge < -0.3 is 9.47 Å². The summed E-state index contributed by atoms with van der Waals surface area (Å²) in [6.45, 7) is -0.303. The van der Waals surface area contributed by atoms with Crippen LogP contribution in [0.1, 0.15) is 11.1 Å². The quantitative estimate of drug-likeness (QED) is 0.284. The minimum absolute atomic E-state index is 0.00588. The van der Waals surface area contributed by atoms with Crippen LogP contribution in [0.4, 0.5) is 0 Å². The van der Waals surface area contributed by atoms with Gasteiger partial charge >= 0.3 is 0 Å². The Labute approximate surface area is 213 Å². The lowest BCUT2D eigenvalue weighted by Crippen LogP contribution is -2.40. The first-order chi connectivity index (χ1) is 16.8. The Kier molecular flexibility index (Phi) is 9.41. The fourth-order valence-corrected chi connectivity index (χ4v) is 5.10. The van der Waals surface area contributed by atoms with Crippen molar-refractivity contribution in [1.82, 2.24) is 9.73 Å². The van der Waals surface area contributed by atoms with E-state index in [-0.39, 0.29) is 17.2 Å². The molecule has 0 radical (unpaired) electrons. The van der Waals surface area contributed by atoms with E-state index in [1.54, 1.807) is 0 Å². The van der Waals surface area contributed by atoms with Crippen molar-refractivity contribution in [2.75, 3.05) is 27.3 Å². The third kappa shape index (κ3) is 7.38. The van der Waals surface area contributed by atoms with E-state index in [1.165, 1.54) is 38.6 Å². The predicted molar refractivity (Wildman–Crippen MR) is 138 cm³/mol. The maximum Gasteiger partial charge on any atom is 0.255 e. The summed E-state index contributed by atoms with van der Waals surface area (Å²) in [5, 5.41) is 3.96. The second-order valence-electron chi connectivity index (χ2n) is 7.44. The lowest BCUT2D eigenvalue weighted by molar-refractivity contribution is -0.121. The lowest BCUT2D eigenvalue weighted by atomic mass is 10.1. The van der Waals surface area contributed by atoms with Crippen molar-refractivity contribution >= 4 is 38.1 Å². The number of rotatable bonds is 11. The molecule has 0 spiro atoms. The highest BCUT2D eigenvalue weighted by Crippen LogP contribution is 2.30. The van der Waals surface area contributed by atoms with Gasteiger partial charge in [0.2, 0.25) is 10.0 Å². The van der Waals surface area contributed by atoms with Gasteiger partial charge in [-0.05, 0) is 41.8 Å². The summed E-state index contributed by atoms with van der Waals surface area (Å²) in [5.41, 5.74) is 4.14. The van der Waals surface area contributed by atoms with Gasteiger partial charge in [-0.25, -0.2) is 13.8 Å². The van der Waals surface area contributed by atoms with Crippen LogP contribution in [0.2, 0.25) is 0 Å². The van der Waals surface area contributed by atoms with Crippen LogP contribution in [0, 0.1) is 0 Å². The van der Waals surface area contributed by atoms with Crippen LogP contribution in [0.5, 0.6) is 11.5 Å². The van der Waals surface area contributed by atoms with E-state index in [2.05, 4.69) is 26.5 Å². The molecule has 8 nitrogen and oxygen atoms in total. The Bertz CT molecular complexity index is 1280. The average Bonchev–Trinajstić information content (AvgIpc) is 2.86. The van der Waals surface area contributed by atoms with E-state index in [4.69, 9.17) is 9.47 Å². The van der Waals surface area contributed by atoms with Crippen molar-refractivity contribution in [1.29, 1.82) is 0 Å². The Hall–Kier alpha value is -3.21. The number of amides is 1. The van der Waals surface area contributed by atoms with Crippen molar-refractivity contribution in [3.8, 4) is 11.5 Å². The van der Waals surface area contributed by atoms with Gasteiger partial charge in [0.15, 0.2) is 11.5 Å². The number of carbonyl (C=O) groups excluding carboxylic acids is 1. The summed E-state index contributed by atoms with van der Waals surface area (Å²) in [7, 11) is -1.13. The fourth-order valence-electron chi connectivity index (χ4n) is 3.27. The highest BCUT2D eigenvalue weighted by Gasteiger charge is 2.27. The summed E-state index contributed by atoms with van der Waals surface area (Å²) < 4.78 is 39.5. The molecule has 0 saturated carbocycles. The van der Waals surface area contributed by atoms with Crippen LogP contribution in [0.3, 0.4) is 0 Å². The smallest absolute Gasteiger partial charge is 0.255 e. The summed E-state index contributed by atoms with van der Waals surface area (Å²) in [6.07, 6.45) is 1.92. The molecule has 0 fully saturated rings. The zero-order valence-corrected chi connectivity index (χ0v) is 21.8. The van der Waals surface area contributed by atoms with E-state index >= 15 is 0 Å². The Balaban J connectivity index is 1.80. The third-order valence-electron chi connectivity index (χ3n) is 5.06. The van der Waals surface area contributed by atoms with Crippen LogP contribution in [-0.4, -0.2) is 52.2 Å². The molecule has 10 heteroatoms. The van der Waals surface area contributed by atoms with Crippen molar-refractivity contribution in [3.05, 3.63) is 88.4 Å². The highest BCUT2D eigenvalue weighted by molar-refractivity contribution is 9.10. The van der Waals surface area contributed by atoms with Crippen LogP contribution in [0.15, 0.2) is 87.3 Å². The van der Waals surface area contributed by atoms with Crippen molar-refractivity contribution in [2.24, 2.45) is 5.10 Å². The van der Waals surface area contributed by atoms with Crippen molar-refractivity contribution in [2.45, 2.75) is 11.3 Å². The number of halogens is 1. The standard InChI is InChI=1S/C25H26BrN3O5S/c1-33-23-12-11-22(16-24(23)34-2)35(31,32)29(14-13-19-7-4-3-5-8-19)18-25(30)28-27-17-20-9-6-10-21(26)15-20/h3-12,15-17H,13-14,18H2,1-2H3,(H,28,30)/b27-17-. The van der Waals surface area contributed by atoms with E-state index in [0.29, 0.717) is 12.2 Å². The minimum atomic E-state index is -4.03. The topological polar surface area (TPSA) is 97.3 Å². The number of hydrogen-bond donors (Lipinski definition) is 1. The number of benzene rings is 3. The number of carbonyl (C=O) groups is 1. The van der Waals surface area contributed by atoms with Crippen LogP contribution in [-0.2, 0) is 21.2 Å². The molecule has 3 aromatic rings. The molecule has 0 bridgehead atoms. The molecule has 3 aromatic carbocycles. The molecule has 0 aromatic heterocycles. The Morgan fingerprint density at radius 3 is 2.43 bits per heavy atom. The summed E-state index contributed by atoms with van der Waals surface area (Å²) in [5.74, 6) is 0.120. The van der Waals surface area contributed by atoms with Crippen LogP contribution >= 0.6 is 15.9 Å². The second kappa shape index (κ2) is 12.5. The fraction of sp³-hybridized carbons (Fsp3) is 0.200. The molecule has 1 amide bonds. The molecule has 0 aliphatic heterocycles. The monoisotopic (exact) mass is 559 g/mol. The Morgan fingerprint density at radius 2 is 1.74 bits per heavy atom. The third-order valence-corrected chi connectivity index (χ3v) is 7.39. The number of methoxy groups -OCH3 is 2. The van der Waals surface area contributed by atoms with Gasteiger partial charge in [0.25, 0.3) is 5.91 Å². The Morgan fingerprint density at radius 1 is 1.00 bits per heavy atom. The van der Waals surface area contributed by atoms with Crippen LogP contribution in [0.25, 0.3) is 0 Å². The molecule has 0 aliphatic carbocycles. The normalized spacial score (nSPS) is 11.5. The first-order valence-electron chi connectivity index (χ1n) is 10.7. The molecule has 0 aliphatic rings. The van der Waals surface area contributed by atoms with Gasteiger partial charge in [0, 0.05) is 17.1 Å². The van der Waals surface area contributed by atoms with Crippen molar-refractivity contribution in [3.63, 3.8) is 0 Å². The molecule has 0 saturated heterocycles. The summed E-state index contributed by atoms with van der Waals surface area (Å²) in [4.78, 5) is 12.6. The molecule has 3 rings (SSSR count). The van der Waals surface area contributed by atoms with E-state index in [9.17, 15) is 13.2 Å². The van der Waals surface area contributed by atoms with E-state index in [0.717, 1.165) is 19.9 Å². The van der Waals surface area contributed by atoms with Gasteiger partial charge in [0.05, 0.1) is 31.9 Å². The number of nitrogens with one attached hydrogen (secondary N) is 1. The molecule has 1 N–H and O–H groups in total. The number of hydrazone groups is 1. The molecule has 35 heavy (non-hydrogen) atoms. The zero-order valence-electron chi connectivity index (χ0n) is 19.3. The second-order valence-corrected chi connectivity index (χ2v) is 10.3. The van der Waals surface area contributed by atoms with Crippen LogP contribution < -0.4 is 14.9 Å². The zero-order chi connectivity index (χ0) is 25.3. The minimum Gasteiger partial charge on any atom is -0.493 e. The molecule has 0 unspecified atom stereocenters. The highest BCUT2D eigenvalue weighted by atomic mass is 79.9. The first kappa shape index (κ1) is 26.4. The number of sulfonamides is 1. The number of nitrogens with zero attached hydrogens (tertiary/aromatic N) is 2. The first-order valence-corrected chi connectivity index (χ1v) is 12.9. The summed E-state index contributed by atoms with van der Waals surface area (Å²) in [6, 6.07) is 21.2. The number of hydrogen-bond acceptors (Lipinski definition) is 6. The molecular formula is C25H26BrN3O5S. The maximum absolute atomic E-state index is 13.5. The van der Waals surface area contributed by atoms with Gasteiger partial charge in [-0.3, -0.25) is 4.79 Å². The van der Waals surface area contributed by atoms with E-state index in [1.807, 2.05) is 54.6 Å². The SMILES string of the molecule is COc1ccc(S(=O)(=O)N(CCc2ccccc2)CC(=O)N/N=C\c2cccc(Br)c2)cc1OC. The molecular weight excluding hydrogens is 534 g/mol. The van der Waals surface area contributed by atoms with Gasteiger partial charge in [0.1, 0.15) is 0 Å².